The maximum atomic E-state index is 2.47. The smallest absolute Gasteiger partial charge is 0.0266 e. The lowest BCUT2D eigenvalue weighted by atomic mass is 10.00. The van der Waals surface area contributed by atoms with Crippen LogP contribution in [0.1, 0.15) is 53.4 Å². The van der Waals surface area contributed by atoms with Gasteiger partial charge in [0.25, 0.3) is 0 Å². The molecule has 0 saturated heterocycles. The van der Waals surface area contributed by atoms with Crippen molar-refractivity contribution in [1.82, 2.24) is 0 Å². The van der Waals surface area contributed by atoms with Crippen molar-refractivity contribution in [3.8, 4) is 0 Å². The zero-order chi connectivity index (χ0) is 8.48. The first-order valence-corrected chi connectivity index (χ1v) is 5.20. The minimum Gasteiger partial charge on any atom is -0.0654 e. The lowest BCUT2D eigenvalue weighted by molar-refractivity contribution is 0.447. The molecule has 0 aromatic carbocycles. The summed E-state index contributed by atoms with van der Waals surface area (Å²) in [7, 11) is 0. The molecule has 0 N–H and O–H groups in total. The summed E-state index contributed by atoms with van der Waals surface area (Å²) in [6.45, 7) is 9.47. The molecule has 3 atom stereocenters. The molecular formula is C11H22. The Morgan fingerprint density at radius 3 is 2.00 bits per heavy atom. The fourth-order valence-corrected chi connectivity index (χ4v) is 2.88. The van der Waals surface area contributed by atoms with Crippen LogP contribution in [0.5, 0.6) is 0 Å². The minimum atomic E-state index is 0.727. The summed E-state index contributed by atoms with van der Waals surface area (Å²) in [4.78, 5) is 0. The highest BCUT2D eigenvalue weighted by molar-refractivity contribution is 5.05. The van der Waals surface area contributed by atoms with Crippen LogP contribution < -0.4 is 0 Å². The molecule has 3 unspecified atom stereocenters. The Bertz CT molecular complexity index is 128. The summed E-state index contributed by atoms with van der Waals surface area (Å²) in [5.41, 5.74) is 0.727. The Morgan fingerprint density at radius 2 is 1.73 bits per heavy atom. The van der Waals surface area contributed by atoms with E-state index in [1.165, 1.54) is 25.7 Å². The molecule has 1 aliphatic rings. The zero-order valence-electron chi connectivity index (χ0n) is 8.48. The van der Waals surface area contributed by atoms with Crippen LogP contribution in [0.3, 0.4) is 0 Å². The third kappa shape index (κ3) is 1.32. The molecule has 0 amide bonds. The Morgan fingerprint density at radius 1 is 1.09 bits per heavy atom. The molecule has 0 aromatic rings. The van der Waals surface area contributed by atoms with Gasteiger partial charge in [0.2, 0.25) is 0 Å². The lowest BCUT2D eigenvalue weighted by Crippen LogP contribution is -1.96. The molecule has 66 valence electrons. The van der Waals surface area contributed by atoms with E-state index in [0.717, 1.165) is 17.3 Å². The van der Waals surface area contributed by atoms with E-state index in [0.29, 0.717) is 0 Å². The van der Waals surface area contributed by atoms with Crippen LogP contribution in [-0.4, -0.2) is 0 Å². The molecule has 0 heterocycles. The summed E-state index contributed by atoms with van der Waals surface area (Å²) >= 11 is 0. The van der Waals surface area contributed by atoms with E-state index in [-0.39, 0.29) is 0 Å². The quantitative estimate of drug-likeness (QED) is 0.577. The van der Waals surface area contributed by atoms with Crippen molar-refractivity contribution in [2.75, 3.05) is 0 Å². The van der Waals surface area contributed by atoms with E-state index < -0.39 is 0 Å². The molecule has 0 radical (unpaired) electrons. The Balaban J connectivity index is 2.44. The van der Waals surface area contributed by atoms with Gasteiger partial charge < -0.3 is 0 Å². The summed E-state index contributed by atoms with van der Waals surface area (Å²) < 4.78 is 0. The molecule has 1 saturated carbocycles. The molecule has 0 heteroatoms. The van der Waals surface area contributed by atoms with E-state index >= 15 is 0 Å². The fourth-order valence-electron chi connectivity index (χ4n) is 2.88. The highest BCUT2D eigenvalue weighted by Crippen LogP contribution is 2.64. The largest absolute Gasteiger partial charge is 0.0654 e. The Kier molecular flexibility index (Phi) is 2.61. The van der Waals surface area contributed by atoms with E-state index in [9.17, 15) is 0 Å². The maximum absolute atomic E-state index is 2.47. The molecule has 0 aliphatic heterocycles. The molecular weight excluding hydrogens is 132 g/mol. The maximum Gasteiger partial charge on any atom is -0.0266 e. The van der Waals surface area contributed by atoms with E-state index in [1.807, 2.05) is 0 Å². The van der Waals surface area contributed by atoms with Crippen LogP contribution in [-0.2, 0) is 0 Å². The van der Waals surface area contributed by atoms with Crippen LogP contribution >= 0.6 is 0 Å². The second kappa shape index (κ2) is 3.16. The van der Waals surface area contributed by atoms with Crippen molar-refractivity contribution in [1.29, 1.82) is 0 Å². The zero-order valence-corrected chi connectivity index (χ0v) is 8.48. The summed E-state index contributed by atoms with van der Waals surface area (Å²) in [6, 6.07) is 0. The average molecular weight is 154 g/mol. The summed E-state index contributed by atoms with van der Waals surface area (Å²) in [5.74, 6) is 2.11. The van der Waals surface area contributed by atoms with Crippen molar-refractivity contribution in [2.24, 2.45) is 17.3 Å². The molecule has 0 spiro atoms. The van der Waals surface area contributed by atoms with Gasteiger partial charge in [-0.25, -0.2) is 0 Å². The molecule has 0 bridgehead atoms. The van der Waals surface area contributed by atoms with Gasteiger partial charge in [0.15, 0.2) is 0 Å². The van der Waals surface area contributed by atoms with E-state index in [2.05, 4.69) is 27.7 Å². The molecule has 0 nitrogen and oxygen atoms in total. The first-order chi connectivity index (χ1) is 5.20. The van der Waals surface area contributed by atoms with E-state index in [1.54, 1.807) is 0 Å². The molecule has 1 rings (SSSR count). The Labute approximate surface area is 71.4 Å². The van der Waals surface area contributed by atoms with Crippen molar-refractivity contribution in [3.05, 3.63) is 0 Å². The number of rotatable bonds is 4. The van der Waals surface area contributed by atoms with Crippen LogP contribution in [0.25, 0.3) is 0 Å². The van der Waals surface area contributed by atoms with Gasteiger partial charge in [-0.15, -0.1) is 0 Å². The SMILES string of the molecule is CCCC1C(CC)C1(C)CC. The van der Waals surface area contributed by atoms with Crippen molar-refractivity contribution >= 4 is 0 Å². The number of hydrogen-bond acceptors (Lipinski definition) is 0. The fraction of sp³-hybridized carbons (Fsp3) is 1.00. The van der Waals surface area contributed by atoms with Crippen molar-refractivity contribution < 1.29 is 0 Å². The standard InChI is InChI=1S/C11H22/c1-5-8-10-9(6-2)11(10,4)7-3/h9-10H,5-8H2,1-4H3. The molecule has 0 aromatic heterocycles. The topological polar surface area (TPSA) is 0 Å². The normalized spacial score (nSPS) is 42.5. The number of hydrogen-bond donors (Lipinski definition) is 0. The summed E-state index contributed by atoms with van der Waals surface area (Å²) in [5, 5.41) is 0. The first-order valence-electron chi connectivity index (χ1n) is 5.20. The van der Waals surface area contributed by atoms with Crippen LogP contribution in [0.4, 0.5) is 0 Å². The van der Waals surface area contributed by atoms with Gasteiger partial charge >= 0.3 is 0 Å². The first kappa shape index (κ1) is 9.09. The van der Waals surface area contributed by atoms with Gasteiger partial charge in [-0.1, -0.05) is 47.0 Å². The van der Waals surface area contributed by atoms with Crippen molar-refractivity contribution in [3.63, 3.8) is 0 Å². The second-order valence-corrected chi connectivity index (χ2v) is 4.27. The molecule has 1 fully saturated rings. The van der Waals surface area contributed by atoms with Crippen molar-refractivity contribution in [2.45, 2.75) is 53.4 Å². The third-order valence-corrected chi connectivity index (χ3v) is 3.87. The molecule has 1 aliphatic carbocycles. The lowest BCUT2D eigenvalue weighted by Gasteiger charge is -2.06. The Hall–Kier alpha value is 0. The highest BCUT2D eigenvalue weighted by Gasteiger charge is 2.56. The minimum absolute atomic E-state index is 0.727. The average Bonchev–Trinajstić information content (AvgIpc) is 2.58. The van der Waals surface area contributed by atoms with Crippen LogP contribution in [0, 0.1) is 17.3 Å². The van der Waals surface area contributed by atoms with Gasteiger partial charge in [0, 0.05) is 0 Å². The van der Waals surface area contributed by atoms with Gasteiger partial charge in [-0.2, -0.15) is 0 Å². The van der Waals surface area contributed by atoms with Gasteiger partial charge in [0.05, 0.1) is 0 Å². The second-order valence-electron chi connectivity index (χ2n) is 4.27. The molecule has 11 heavy (non-hydrogen) atoms. The predicted octanol–water partition coefficient (Wildman–Crippen LogP) is 3.86. The van der Waals surface area contributed by atoms with E-state index in [4.69, 9.17) is 0 Å². The van der Waals surface area contributed by atoms with Crippen LogP contribution in [0.2, 0.25) is 0 Å². The van der Waals surface area contributed by atoms with Gasteiger partial charge in [-0.3, -0.25) is 0 Å². The monoisotopic (exact) mass is 154 g/mol. The third-order valence-electron chi connectivity index (χ3n) is 3.87. The predicted molar refractivity (Wildman–Crippen MR) is 50.6 cm³/mol. The summed E-state index contributed by atoms with van der Waals surface area (Å²) in [6.07, 6.45) is 5.62. The van der Waals surface area contributed by atoms with Crippen LogP contribution in [0.15, 0.2) is 0 Å². The van der Waals surface area contributed by atoms with Gasteiger partial charge in [0.1, 0.15) is 0 Å². The van der Waals surface area contributed by atoms with Gasteiger partial charge in [-0.05, 0) is 23.7 Å². The highest BCUT2D eigenvalue weighted by atomic mass is 14.6.